The van der Waals surface area contributed by atoms with E-state index in [0.29, 0.717) is 29.7 Å². The summed E-state index contributed by atoms with van der Waals surface area (Å²) in [6, 6.07) is 7.41. The normalized spacial score (nSPS) is 10.7. The number of ether oxygens (including phenoxy) is 2. The average Bonchev–Trinajstić information content (AvgIpc) is 2.93. The van der Waals surface area contributed by atoms with Gasteiger partial charge >= 0.3 is 0 Å². The third kappa shape index (κ3) is 3.75. The Morgan fingerprint density at radius 1 is 1.33 bits per heavy atom. The SMILES string of the molecule is COc1cc(OCc2ccn(C(C)C)n2)cc(C(=N)N)c1. The van der Waals surface area contributed by atoms with Crippen LogP contribution in [0.3, 0.4) is 0 Å². The molecule has 6 nitrogen and oxygen atoms in total. The second kappa shape index (κ2) is 6.30. The van der Waals surface area contributed by atoms with Crippen LogP contribution in [0.2, 0.25) is 0 Å². The minimum Gasteiger partial charge on any atom is -0.497 e. The van der Waals surface area contributed by atoms with Gasteiger partial charge in [0.2, 0.25) is 0 Å². The molecule has 1 heterocycles. The van der Waals surface area contributed by atoms with Crippen molar-refractivity contribution in [3.8, 4) is 11.5 Å². The Hall–Kier alpha value is -2.50. The summed E-state index contributed by atoms with van der Waals surface area (Å²) in [4.78, 5) is 0. The molecule has 0 aliphatic heterocycles. The summed E-state index contributed by atoms with van der Waals surface area (Å²) in [5.74, 6) is 1.17. The number of amidine groups is 1. The first kappa shape index (κ1) is 14.9. The third-order valence-electron chi connectivity index (χ3n) is 3.01. The summed E-state index contributed by atoms with van der Waals surface area (Å²) in [7, 11) is 1.56. The van der Waals surface area contributed by atoms with E-state index < -0.39 is 0 Å². The minimum atomic E-state index is -0.0252. The molecule has 2 rings (SSSR count). The van der Waals surface area contributed by atoms with Gasteiger partial charge in [-0.05, 0) is 32.0 Å². The van der Waals surface area contributed by atoms with Crippen LogP contribution in [0.25, 0.3) is 0 Å². The summed E-state index contributed by atoms with van der Waals surface area (Å²) in [6.45, 7) is 4.49. The fourth-order valence-corrected chi connectivity index (χ4v) is 1.83. The Bertz CT molecular complexity index is 634. The number of nitrogen functional groups attached to an aromatic ring is 1. The van der Waals surface area contributed by atoms with Crippen LogP contribution >= 0.6 is 0 Å². The third-order valence-corrected chi connectivity index (χ3v) is 3.01. The molecular weight excluding hydrogens is 268 g/mol. The minimum absolute atomic E-state index is 0.0252. The highest BCUT2D eigenvalue weighted by Gasteiger charge is 2.07. The number of aromatic nitrogens is 2. The Kier molecular flexibility index (Phi) is 4.47. The largest absolute Gasteiger partial charge is 0.497 e. The fourth-order valence-electron chi connectivity index (χ4n) is 1.83. The van der Waals surface area contributed by atoms with Crippen molar-refractivity contribution >= 4 is 5.84 Å². The predicted octanol–water partition coefficient (Wildman–Crippen LogP) is 2.34. The summed E-state index contributed by atoms with van der Waals surface area (Å²) < 4.78 is 12.8. The Morgan fingerprint density at radius 3 is 2.62 bits per heavy atom. The van der Waals surface area contributed by atoms with Crippen LogP contribution in [0.15, 0.2) is 30.5 Å². The molecular formula is C15H20N4O2. The molecule has 6 heteroatoms. The number of hydrogen-bond acceptors (Lipinski definition) is 4. The van der Waals surface area contributed by atoms with Gasteiger partial charge < -0.3 is 15.2 Å². The van der Waals surface area contributed by atoms with E-state index in [9.17, 15) is 0 Å². The van der Waals surface area contributed by atoms with Gasteiger partial charge in [-0.25, -0.2) is 0 Å². The second-order valence-corrected chi connectivity index (χ2v) is 4.98. The lowest BCUT2D eigenvalue weighted by Gasteiger charge is -2.09. The zero-order valence-corrected chi connectivity index (χ0v) is 12.5. The van der Waals surface area contributed by atoms with Crippen LogP contribution in [0.5, 0.6) is 11.5 Å². The van der Waals surface area contributed by atoms with Crippen LogP contribution in [0, 0.1) is 5.41 Å². The quantitative estimate of drug-likeness (QED) is 0.631. The van der Waals surface area contributed by atoms with Crippen LogP contribution < -0.4 is 15.2 Å². The highest BCUT2D eigenvalue weighted by molar-refractivity contribution is 5.95. The van der Waals surface area contributed by atoms with Crippen molar-refractivity contribution in [3.05, 3.63) is 41.7 Å². The first-order valence-electron chi connectivity index (χ1n) is 6.70. The highest BCUT2D eigenvalue weighted by Crippen LogP contribution is 2.23. The number of nitrogens with zero attached hydrogens (tertiary/aromatic N) is 2. The van der Waals surface area contributed by atoms with Crippen molar-refractivity contribution in [2.24, 2.45) is 5.73 Å². The monoisotopic (exact) mass is 288 g/mol. The van der Waals surface area contributed by atoms with Crippen molar-refractivity contribution in [2.45, 2.75) is 26.5 Å². The standard InChI is InChI=1S/C15H20N4O2/c1-10(2)19-5-4-12(18-19)9-21-14-7-11(15(16)17)6-13(8-14)20-3/h4-8,10H,9H2,1-3H3,(H3,16,17). The topological polar surface area (TPSA) is 86.2 Å². The molecule has 0 unspecified atom stereocenters. The molecule has 112 valence electrons. The summed E-state index contributed by atoms with van der Waals surface area (Å²) >= 11 is 0. The number of nitrogens with two attached hydrogens (primary N) is 1. The zero-order valence-electron chi connectivity index (χ0n) is 12.5. The van der Waals surface area contributed by atoms with Crippen molar-refractivity contribution < 1.29 is 9.47 Å². The number of nitrogens with one attached hydrogen (secondary N) is 1. The Morgan fingerprint density at radius 2 is 2.05 bits per heavy atom. The number of methoxy groups -OCH3 is 1. The molecule has 0 fully saturated rings. The second-order valence-electron chi connectivity index (χ2n) is 4.98. The molecule has 0 bridgehead atoms. The smallest absolute Gasteiger partial charge is 0.132 e. The maximum Gasteiger partial charge on any atom is 0.132 e. The Balaban J connectivity index is 2.11. The summed E-state index contributed by atoms with van der Waals surface area (Å²) in [5, 5.41) is 11.9. The number of rotatable bonds is 6. The number of benzene rings is 1. The van der Waals surface area contributed by atoms with Gasteiger partial charge in [-0.3, -0.25) is 10.1 Å². The lowest BCUT2D eigenvalue weighted by atomic mass is 10.2. The number of hydrogen-bond donors (Lipinski definition) is 2. The van der Waals surface area contributed by atoms with Crippen LogP contribution in [-0.4, -0.2) is 22.7 Å². The zero-order chi connectivity index (χ0) is 15.4. The van der Waals surface area contributed by atoms with E-state index in [2.05, 4.69) is 18.9 Å². The molecule has 0 amide bonds. The molecule has 1 aromatic heterocycles. The molecule has 0 saturated carbocycles. The molecule has 3 N–H and O–H groups in total. The molecule has 21 heavy (non-hydrogen) atoms. The molecule has 0 atom stereocenters. The lowest BCUT2D eigenvalue weighted by molar-refractivity contribution is 0.296. The maximum atomic E-state index is 7.50. The van der Waals surface area contributed by atoms with E-state index >= 15 is 0 Å². The Labute approximate surface area is 124 Å². The molecule has 0 spiro atoms. The summed E-state index contributed by atoms with van der Waals surface area (Å²) in [6.07, 6.45) is 1.93. The highest BCUT2D eigenvalue weighted by atomic mass is 16.5. The maximum absolute atomic E-state index is 7.50. The van der Waals surface area contributed by atoms with Crippen LogP contribution in [0.1, 0.15) is 31.1 Å². The summed E-state index contributed by atoms with van der Waals surface area (Å²) in [5.41, 5.74) is 6.92. The molecule has 2 aromatic rings. The van der Waals surface area contributed by atoms with Gasteiger partial charge in [0.25, 0.3) is 0 Å². The van der Waals surface area contributed by atoms with Crippen molar-refractivity contribution in [1.29, 1.82) is 5.41 Å². The van der Waals surface area contributed by atoms with Crippen LogP contribution in [-0.2, 0) is 6.61 Å². The van der Waals surface area contributed by atoms with Gasteiger partial charge in [0.05, 0.1) is 12.8 Å². The van der Waals surface area contributed by atoms with Crippen molar-refractivity contribution in [3.63, 3.8) is 0 Å². The van der Waals surface area contributed by atoms with E-state index in [1.807, 2.05) is 16.9 Å². The van der Waals surface area contributed by atoms with Gasteiger partial charge in [-0.15, -0.1) is 0 Å². The van der Waals surface area contributed by atoms with E-state index in [-0.39, 0.29) is 5.84 Å². The van der Waals surface area contributed by atoms with Crippen molar-refractivity contribution in [2.75, 3.05) is 7.11 Å². The fraction of sp³-hybridized carbons (Fsp3) is 0.333. The van der Waals surface area contributed by atoms with E-state index in [1.165, 1.54) is 0 Å². The van der Waals surface area contributed by atoms with E-state index in [1.54, 1.807) is 25.3 Å². The molecule has 0 aliphatic carbocycles. The lowest BCUT2D eigenvalue weighted by Crippen LogP contribution is -2.11. The first-order valence-corrected chi connectivity index (χ1v) is 6.70. The average molecular weight is 288 g/mol. The van der Waals surface area contributed by atoms with Gasteiger partial charge in [0.15, 0.2) is 0 Å². The van der Waals surface area contributed by atoms with Crippen molar-refractivity contribution in [1.82, 2.24) is 9.78 Å². The molecule has 0 aliphatic rings. The molecule has 0 radical (unpaired) electrons. The predicted molar refractivity (Wildman–Crippen MR) is 81.0 cm³/mol. The van der Waals surface area contributed by atoms with Gasteiger partial charge in [-0.1, -0.05) is 0 Å². The van der Waals surface area contributed by atoms with E-state index in [4.69, 9.17) is 20.6 Å². The van der Waals surface area contributed by atoms with Gasteiger partial charge in [-0.2, -0.15) is 5.10 Å². The molecule has 0 saturated heterocycles. The van der Waals surface area contributed by atoms with Gasteiger partial charge in [0.1, 0.15) is 23.9 Å². The molecule has 1 aromatic carbocycles. The first-order chi connectivity index (χ1) is 9.99. The van der Waals surface area contributed by atoms with Crippen LogP contribution in [0.4, 0.5) is 0 Å². The van der Waals surface area contributed by atoms with E-state index in [0.717, 1.165) is 5.69 Å². The van der Waals surface area contributed by atoms with Gasteiger partial charge in [0, 0.05) is 23.9 Å².